The van der Waals surface area contributed by atoms with Gasteiger partial charge in [0.05, 0.1) is 13.0 Å². The average Bonchev–Trinajstić information content (AvgIpc) is 2.25. The molecule has 0 saturated heterocycles. The zero-order valence-electron chi connectivity index (χ0n) is 10.2. The molecule has 18 heavy (non-hydrogen) atoms. The molecule has 0 aromatic rings. The van der Waals surface area contributed by atoms with E-state index in [1.165, 1.54) is 0 Å². The highest BCUT2D eigenvalue weighted by atomic mass is 19.4. The van der Waals surface area contributed by atoms with Gasteiger partial charge in [0.2, 0.25) is 0 Å². The Balaban J connectivity index is 3.46. The lowest BCUT2D eigenvalue weighted by atomic mass is 10.2. The van der Waals surface area contributed by atoms with Crippen LogP contribution in [0.3, 0.4) is 0 Å². The Morgan fingerprint density at radius 3 is 2.39 bits per heavy atom. The van der Waals surface area contributed by atoms with Crippen molar-refractivity contribution in [3.63, 3.8) is 0 Å². The molecule has 0 saturated carbocycles. The third-order valence-corrected chi connectivity index (χ3v) is 1.93. The summed E-state index contributed by atoms with van der Waals surface area (Å²) in [5, 5.41) is 0. The van der Waals surface area contributed by atoms with Gasteiger partial charge in [-0.15, -0.1) is 0 Å². The number of ether oxygens (including phenoxy) is 2. The molecule has 0 aliphatic carbocycles. The predicted molar refractivity (Wildman–Crippen MR) is 57.0 cm³/mol. The summed E-state index contributed by atoms with van der Waals surface area (Å²) in [6.07, 6.45) is -5.34. The van der Waals surface area contributed by atoms with Gasteiger partial charge in [-0.1, -0.05) is 0 Å². The molecule has 0 bridgehead atoms. The fourth-order valence-electron chi connectivity index (χ4n) is 1.11. The summed E-state index contributed by atoms with van der Waals surface area (Å²) in [5.74, 6) is -0.794. The fourth-order valence-corrected chi connectivity index (χ4v) is 1.11. The minimum Gasteiger partial charge on any atom is -0.466 e. The van der Waals surface area contributed by atoms with E-state index in [1.807, 2.05) is 0 Å². The summed E-state index contributed by atoms with van der Waals surface area (Å²) in [5.41, 5.74) is 0. The maximum absolute atomic E-state index is 11.7. The summed E-state index contributed by atoms with van der Waals surface area (Å²) in [4.78, 5) is 22.1. The third kappa shape index (κ3) is 11.4. The molecular formula is C11H17F3O4. The number of rotatable bonds is 9. The molecule has 0 aliphatic rings. The molecule has 0 heterocycles. The lowest BCUT2D eigenvalue weighted by Gasteiger charge is -2.06. The van der Waals surface area contributed by atoms with Crippen molar-refractivity contribution in [2.24, 2.45) is 0 Å². The van der Waals surface area contributed by atoms with Crippen molar-refractivity contribution in [2.75, 3.05) is 19.8 Å². The van der Waals surface area contributed by atoms with Gasteiger partial charge in [0, 0.05) is 19.4 Å². The van der Waals surface area contributed by atoms with Gasteiger partial charge in [-0.25, -0.2) is 0 Å². The van der Waals surface area contributed by atoms with Crippen LogP contribution in [0, 0.1) is 0 Å². The van der Waals surface area contributed by atoms with Crippen molar-refractivity contribution in [2.45, 2.75) is 38.8 Å². The molecule has 0 rings (SSSR count). The maximum atomic E-state index is 11.7. The Labute approximate surface area is 103 Å². The van der Waals surface area contributed by atoms with Gasteiger partial charge in [-0.3, -0.25) is 9.59 Å². The topological polar surface area (TPSA) is 52.6 Å². The summed E-state index contributed by atoms with van der Waals surface area (Å²) >= 11 is 0. The second-order valence-corrected chi connectivity index (χ2v) is 3.62. The molecule has 7 heteroatoms. The first-order valence-corrected chi connectivity index (χ1v) is 5.67. The maximum Gasteiger partial charge on any atom is 0.389 e. The zero-order valence-corrected chi connectivity index (χ0v) is 10.2. The Bertz CT molecular complexity index is 264. The minimum atomic E-state index is -4.20. The monoisotopic (exact) mass is 270 g/mol. The summed E-state index contributed by atoms with van der Waals surface area (Å²) in [6, 6.07) is 0. The first-order chi connectivity index (χ1) is 8.35. The molecule has 0 aliphatic heterocycles. The molecule has 0 amide bonds. The van der Waals surface area contributed by atoms with Crippen LogP contribution in [0.1, 0.15) is 32.6 Å². The second-order valence-electron chi connectivity index (χ2n) is 3.62. The van der Waals surface area contributed by atoms with E-state index in [0.29, 0.717) is 0 Å². The largest absolute Gasteiger partial charge is 0.466 e. The number of alkyl halides is 3. The lowest BCUT2D eigenvalue weighted by molar-refractivity contribution is -0.145. The Morgan fingerprint density at radius 1 is 1.17 bits per heavy atom. The van der Waals surface area contributed by atoms with E-state index in [9.17, 15) is 22.8 Å². The molecule has 0 radical (unpaired) electrons. The van der Waals surface area contributed by atoms with Crippen LogP contribution in [-0.2, 0) is 19.1 Å². The van der Waals surface area contributed by atoms with E-state index in [0.717, 1.165) is 0 Å². The number of carbonyl (C=O) groups excluding carboxylic acids is 2. The Hall–Kier alpha value is -1.11. The van der Waals surface area contributed by atoms with Crippen LogP contribution < -0.4 is 0 Å². The lowest BCUT2D eigenvalue weighted by Crippen LogP contribution is -2.14. The highest BCUT2D eigenvalue weighted by Gasteiger charge is 2.25. The molecule has 0 unspecified atom stereocenters. The van der Waals surface area contributed by atoms with Crippen LogP contribution in [0.15, 0.2) is 0 Å². The van der Waals surface area contributed by atoms with Crippen molar-refractivity contribution in [1.82, 2.24) is 0 Å². The molecule has 4 nitrogen and oxygen atoms in total. The highest BCUT2D eigenvalue weighted by molar-refractivity contribution is 5.83. The summed E-state index contributed by atoms with van der Waals surface area (Å²) in [6.45, 7) is 1.52. The van der Waals surface area contributed by atoms with Crippen LogP contribution in [0.4, 0.5) is 13.2 Å². The van der Waals surface area contributed by atoms with E-state index < -0.39 is 18.6 Å². The number of esters is 1. The van der Waals surface area contributed by atoms with Crippen molar-refractivity contribution in [3.05, 3.63) is 0 Å². The normalized spacial score (nSPS) is 11.3. The van der Waals surface area contributed by atoms with E-state index >= 15 is 0 Å². The average molecular weight is 270 g/mol. The second kappa shape index (κ2) is 8.91. The smallest absolute Gasteiger partial charge is 0.389 e. The van der Waals surface area contributed by atoms with Gasteiger partial charge in [-0.2, -0.15) is 13.2 Å². The van der Waals surface area contributed by atoms with E-state index in [1.54, 1.807) is 6.92 Å². The first-order valence-electron chi connectivity index (χ1n) is 5.67. The fraction of sp³-hybridized carbons (Fsp3) is 0.818. The van der Waals surface area contributed by atoms with Gasteiger partial charge in [0.1, 0.15) is 6.61 Å². The quantitative estimate of drug-likeness (QED) is 0.476. The molecular weight excluding hydrogens is 253 g/mol. The van der Waals surface area contributed by atoms with Crippen LogP contribution in [0.5, 0.6) is 0 Å². The SMILES string of the molecule is CCOC(=O)CCC(=O)COCCCC(F)(F)F. The Kier molecular flexibility index (Phi) is 8.36. The summed E-state index contributed by atoms with van der Waals surface area (Å²) in [7, 11) is 0. The van der Waals surface area contributed by atoms with Crippen molar-refractivity contribution in [1.29, 1.82) is 0 Å². The molecule has 0 atom stereocenters. The van der Waals surface area contributed by atoms with Crippen LogP contribution in [-0.4, -0.2) is 37.7 Å². The van der Waals surface area contributed by atoms with Gasteiger partial charge < -0.3 is 9.47 Å². The van der Waals surface area contributed by atoms with Gasteiger partial charge >= 0.3 is 12.1 Å². The number of Topliss-reactive ketones (excluding diaryl/α,β-unsaturated/α-hetero) is 1. The van der Waals surface area contributed by atoms with E-state index in [2.05, 4.69) is 4.74 Å². The van der Waals surface area contributed by atoms with Crippen molar-refractivity contribution >= 4 is 11.8 Å². The van der Waals surface area contributed by atoms with Crippen molar-refractivity contribution < 1.29 is 32.2 Å². The molecule has 0 aromatic heterocycles. The predicted octanol–water partition coefficient (Wildman–Crippen LogP) is 2.26. The number of hydrogen-bond donors (Lipinski definition) is 0. The zero-order chi connectivity index (χ0) is 14.0. The standard InChI is InChI=1S/C11H17F3O4/c1-2-18-10(16)5-4-9(15)8-17-7-3-6-11(12,13)14/h2-8H2,1H3. The molecule has 0 fully saturated rings. The number of ketones is 1. The molecule has 0 N–H and O–H groups in total. The minimum absolute atomic E-state index is 0.0158. The molecule has 0 spiro atoms. The van der Waals surface area contributed by atoms with E-state index in [-0.39, 0.29) is 44.9 Å². The third-order valence-electron chi connectivity index (χ3n) is 1.93. The van der Waals surface area contributed by atoms with Crippen molar-refractivity contribution in [3.8, 4) is 0 Å². The van der Waals surface area contributed by atoms with Gasteiger partial charge in [-0.05, 0) is 13.3 Å². The van der Waals surface area contributed by atoms with Gasteiger partial charge in [0.25, 0.3) is 0 Å². The first kappa shape index (κ1) is 16.9. The number of carbonyl (C=O) groups is 2. The van der Waals surface area contributed by atoms with Crippen LogP contribution >= 0.6 is 0 Å². The summed E-state index contributed by atoms with van der Waals surface area (Å²) < 4.78 is 44.6. The number of hydrogen-bond acceptors (Lipinski definition) is 4. The van der Waals surface area contributed by atoms with Crippen LogP contribution in [0.2, 0.25) is 0 Å². The van der Waals surface area contributed by atoms with E-state index in [4.69, 9.17) is 4.74 Å². The highest BCUT2D eigenvalue weighted by Crippen LogP contribution is 2.20. The van der Waals surface area contributed by atoms with Gasteiger partial charge in [0.15, 0.2) is 5.78 Å². The molecule has 106 valence electrons. The van der Waals surface area contributed by atoms with Crippen LogP contribution in [0.25, 0.3) is 0 Å². The molecule has 0 aromatic carbocycles. The Morgan fingerprint density at radius 2 is 1.83 bits per heavy atom. The number of halogens is 3.